The van der Waals surface area contributed by atoms with Crippen LogP contribution in [-0.4, -0.2) is 59.1 Å². The van der Waals surface area contributed by atoms with Gasteiger partial charge in [-0.15, -0.1) is 0 Å². The van der Waals surface area contributed by atoms with Crippen LogP contribution in [0.4, 0.5) is 4.39 Å². The Balaban J connectivity index is 2.24. The zero-order chi connectivity index (χ0) is 20.8. The fraction of sp³-hybridized carbons (Fsp3) is 0.556. The van der Waals surface area contributed by atoms with Crippen LogP contribution in [-0.2, 0) is 22.7 Å². The lowest BCUT2D eigenvalue weighted by molar-refractivity contribution is -0.204. The largest absolute Gasteiger partial charge is 0.481 e. The molecular weight excluding hydrogens is 461 g/mol. The average Bonchev–Trinajstić information content (AvgIpc) is 2.72. The number of H-pyrrole nitrogens is 1. The van der Waals surface area contributed by atoms with E-state index in [0.717, 1.165) is 6.20 Å². The molecule has 2 rings (SSSR count). The molecule has 0 spiro atoms. The maximum Gasteiger partial charge on any atom is 0.481 e. The predicted molar refractivity (Wildman–Crippen MR) is 85.8 cm³/mol. The summed E-state index contributed by atoms with van der Waals surface area (Å²) < 4.78 is 49.3. The molecule has 1 aromatic rings. The Bertz CT molecular complexity index is 935. The van der Waals surface area contributed by atoms with Crippen LogP contribution in [0.3, 0.4) is 0 Å². The molecule has 0 bridgehead atoms. The summed E-state index contributed by atoms with van der Waals surface area (Å²) in [5.74, 6) is -3.36. The molecule has 27 heavy (non-hydrogen) atoms. The number of hydrogen-bond acceptors (Lipinski definition) is 9. The molecule has 6 N–H and O–H groups in total. The lowest BCUT2D eigenvalue weighted by atomic mass is 10.1. The number of nitrogens with zero attached hydrogens (tertiary/aromatic N) is 1. The molecule has 18 heteroatoms. The third-order valence-electron chi connectivity index (χ3n) is 3.21. The number of ether oxygens (including phenoxy) is 1. The first-order valence-corrected chi connectivity index (χ1v) is 10.4. The zero-order valence-electron chi connectivity index (χ0n) is 12.7. The molecule has 1 saturated heterocycles. The van der Waals surface area contributed by atoms with Crippen molar-refractivity contribution in [2.24, 2.45) is 0 Å². The molecule has 5 atom stereocenters. The standard InChI is InChI=1S/C9H12ClFN2O11P2S/c10-3-1-13(8(16)12-6(3)27)7-4(14)5(15)9(11,23-7)2-22-26(20,21)24-25(17,18)19/h1,4-5,7,14-15H,2H2,(H,20,21)(H,12,16,27)(H2,17,18,19)/t4-,5+,7-,9-/m1/s1. The number of rotatable bonds is 6. The minimum atomic E-state index is -5.46. The lowest BCUT2D eigenvalue weighted by Crippen LogP contribution is -2.43. The normalized spacial score (nSPS) is 31.0. The van der Waals surface area contributed by atoms with Crippen molar-refractivity contribution in [2.45, 2.75) is 24.3 Å². The number of phosphoric acid groups is 2. The van der Waals surface area contributed by atoms with E-state index in [1.54, 1.807) is 0 Å². The minimum absolute atomic E-state index is 0.156. The van der Waals surface area contributed by atoms with Gasteiger partial charge in [0, 0.05) is 6.20 Å². The fourth-order valence-electron chi connectivity index (χ4n) is 2.07. The van der Waals surface area contributed by atoms with Crippen molar-refractivity contribution in [1.82, 2.24) is 9.55 Å². The Labute approximate surface area is 158 Å². The number of aromatic nitrogens is 2. The smallest absolute Gasteiger partial charge is 0.385 e. The second-order valence-electron chi connectivity index (χ2n) is 5.19. The van der Waals surface area contributed by atoms with Crippen LogP contribution in [0, 0.1) is 4.64 Å². The highest BCUT2D eigenvalue weighted by Crippen LogP contribution is 2.58. The van der Waals surface area contributed by atoms with Crippen molar-refractivity contribution in [3.63, 3.8) is 0 Å². The lowest BCUT2D eigenvalue weighted by Gasteiger charge is -2.23. The highest BCUT2D eigenvalue weighted by Gasteiger charge is 2.57. The van der Waals surface area contributed by atoms with Crippen molar-refractivity contribution < 1.29 is 52.0 Å². The van der Waals surface area contributed by atoms with Gasteiger partial charge in [-0.3, -0.25) is 14.1 Å². The Kier molecular flexibility index (Phi) is 6.49. The van der Waals surface area contributed by atoms with E-state index in [9.17, 15) is 28.5 Å². The molecule has 0 saturated carbocycles. The summed E-state index contributed by atoms with van der Waals surface area (Å²) in [6.07, 6.45) is -5.43. The predicted octanol–water partition coefficient (Wildman–Crippen LogP) is -0.298. The van der Waals surface area contributed by atoms with Crippen LogP contribution in [0.15, 0.2) is 11.0 Å². The molecule has 1 aromatic heterocycles. The summed E-state index contributed by atoms with van der Waals surface area (Å²) in [6, 6.07) is 0. The SMILES string of the molecule is O=c1[nH]c(=S)c(Cl)cn1[C@@H]1O[C@](F)(COP(=O)(O)OP(=O)(O)O)[C@@H](O)[C@H]1O. The van der Waals surface area contributed by atoms with Gasteiger partial charge in [-0.2, -0.15) is 4.31 Å². The van der Waals surface area contributed by atoms with Crippen LogP contribution >= 0.6 is 39.5 Å². The van der Waals surface area contributed by atoms with E-state index in [4.69, 9.17) is 43.2 Å². The quantitative estimate of drug-likeness (QED) is 0.233. The Hall–Kier alpha value is -0.540. The highest BCUT2D eigenvalue weighted by molar-refractivity contribution is 7.71. The summed E-state index contributed by atoms with van der Waals surface area (Å²) in [4.78, 5) is 40.1. The number of phosphoric ester groups is 1. The fourth-order valence-corrected chi connectivity index (χ4v) is 3.96. The third kappa shape index (κ3) is 5.29. The van der Waals surface area contributed by atoms with E-state index in [-0.39, 0.29) is 9.66 Å². The molecule has 13 nitrogen and oxygen atoms in total. The van der Waals surface area contributed by atoms with Gasteiger partial charge in [0.25, 0.3) is 5.85 Å². The van der Waals surface area contributed by atoms with Gasteiger partial charge in [0.15, 0.2) is 6.23 Å². The Morgan fingerprint density at radius 2 is 2.00 bits per heavy atom. The summed E-state index contributed by atoms with van der Waals surface area (Å²) in [7, 11) is -10.9. The van der Waals surface area contributed by atoms with Gasteiger partial charge < -0.3 is 29.6 Å². The number of alkyl halides is 1. The van der Waals surface area contributed by atoms with Crippen molar-refractivity contribution in [2.75, 3.05) is 6.61 Å². The Morgan fingerprint density at radius 3 is 2.56 bits per heavy atom. The Morgan fingerprint density at radius 1 is 1.41 bits per heavy atom. The van der Waals surface area contributed by atoms with Gasteiger partial charge in [-0.05, 0) is 0 Å². The van der Waals surface area contributed by atoms with Crippen LogP contribution < -0.4 is 5.69 Å². The first kappa shape index (κ1) is 22.7. The number of aliphatic hydroxyl groups is 2. The molecule has 0 aromatic carbocycles. The molecule has 0 amide bonds. The molecule has 154 valence electrons. The number of aromatic amines is 1. The molecule has 1 fully saturated rings. The molecule has 0 aliphatic carbocycles. The minimum Gasteiger partial charge on any atom is -0.385 e. The monoisotopic (exact) mass is 472 g/mol. The van der Waals surface area contributed by atoms with Crippen LogP contribution in [0.1, 0.15) is 6.23 Å². The molecule has 2 heterocycles. The molecular formula is C9H12ClFN2O11P2S. The van der Waals surface area contributed by atoms with Gasteiger partial charge in [0.2, 0.25) is 0 Å². The molecule has 1 aliphatic heterocycles. The first-order chi connectivity index (χ1) is 12.2. The summed E-state index contributed by atoms with van der Waals surface area (Å²) in [5.41, 5.74) is -0.983. The van der Waals surface area contributed by atoms with E-state index in [1.807, 2.05) is 0 Å². The van der Waals surface area contributed by atoms with Crippen molar-refractivity contribution >= 4 is 39.5 Å². The maximum absolute atomic E-state index is 14.7. The second kappa shape index (κ2) is 7.71. The van der Waals surface area contributed by atoms with E-state index in [0.29, 0.717) is 4.57 Å². The van der Waals surface area contributed by atoms with Crippen molar-refractivity contribution in [3.8, 4) is 0 Å². The maximum atomic E-state index is 14.7. The summed E-state index contributed by atoms with van der Waals surface area (Å²) in [5, 5.41) is 19.6. The molecule has 0 radical (unpaired) electrons. The van der Waals surface area contributed by atoms with Gasteiger partial charge in [-0.1, -0.05) is 23.8 Å². The number of hydrogen-bond donors (Lipinski definition) is 6. The van der Waals surface area contributed by atoms with Gasteiger partial charge >= 0.3 is 21.3 Å². The number of nitrogens with one attached hydrogen (secondary N) is 1. The second-order valence-corrected chi connectivity index (χ2v) is 8.83. The van der Waals surface area contributed by atoms with Crippen LogP contribution in [0.25, 0.3) is 0 Å². The van der Waals surface area contributed by atoms with E-state index >= 15 is 0 Å². The molecule has 1 aliphatic rings. The van der Waals surface area contributed by atoms with Crippen molar-refractivity contribution in [1.29, 1.82) is 0 Å². The van der Waals surface area contributed by atoms with Crippen LogP contribution in [0.5, 0.6) is 0 Å². The number of aliphatic hydroxyl groups excluding tert-OH is 2. The number of halogens is 2. The topological polar surface area (TPSA) is 201 Å². The van der Waals surface area contributed by atoms with Crippen molar-refractivity contribution in [3.05, 3.63) is 26.3 Å². The van der Waals surface area contributed by atoms with Crippen LogP contribution in [0.2, 0.25) is 5.02 Å². The van der Waals surface area contributed by atoms with E-state index in [2.05, 4.69) is 13.8 Å². The third-order valence-corrected chi connectivity index (χ3v) is 6.06. The summed E-state index contributed by atoms with van der Waals surface area (Å²) in [6.45, 7) is -1.60. The van der Waals surface area contributed by atoms with Gasteiger partial charge in [-0.25, -0.2) is 18.3 Å². The zero-order valence-corrected chi connectivity index (χ0v) is 16.1. The van der Waals surface area contributed by atoms with Gasteiger partial charge in [0.1, 0.15) is 23.5 Å². The molecule has 1 unspecified atom stereocenters. The first-order valence-electron chi connectivity index (χ1n) is 6.63. The van der Waals surface area contributed by atoms with E-state index < -0.39 is 52.2 Å². The highest BCUT2D eigenvalue weighted by atomic mass is 35.5. The van der Waals surface area contributed by atoms with Gasteiger partial charge in [0.05, 0.1) is 5.02 Å². The van der Waals surface area contributed by atoms with E-state index in [1.165, 1.54) is 0 Å². The summed E-state index contributed by atoms with van der Waals surface area (Å²) >= 11 is 10.4. The average molecular weight is 473 g/mol.